The quantitative estimate of drug-likeness (QED) is 0.0192. The Labute approximate surface area is 402 Å². The first-order valence-electron chi connectivity index (χ1n) is 20.9. The van der Waals surface area contributed by atoms with Crippen molar-refractivity contribution < 1.29 is 14.1 Å². The van der Waals surface area contributed by atoms with Crippen LogP contribution in [0.4, 0.5) is 69.0 Å². The molecule has 0 bridgehead atoms. The molecule has 0 aliphatic rings. The van der Waals surface area contributed by atoms with Crippen LogP contribution in [0.15, 0.2) is 97.3 Å². The van der Waals surface area contributed by atoms with Crippen LogP contribution in [-0.2, 0) is 9.13 Å². The molecule has 0 unspecified atom stereocenters. The fourth-order valence-corrected chi connectivity index (χ4v) is 8.99. The van der Waals surface area contributed by atoms with Gasteiger partial charge in [-0.05, 0) is 109 Å². The van der Waals surface area contributed by atoms with E-state index in [0.717, 1.165) is 36.3 Å². The molecule has 0 aliphatic carbocycles. The van der Waals surface area contributed by atoms with Crippen molar-refractivity contribution in [2.45, 2.75) is 0 Å². The van der Waals surface area contributed by atoms with Gasteiger partial charge in [0.15, 0.2) is 11.6 Å². The van der Waals surface area contributed by atoms with Crippen molar-refractivity contribution in [1.82, 2.24) is 29.7 Å². The molecule has 67 heavy (non-hydrogen) atoms. The predicted molar refractivity (Wildman–Crippen MR) is 281 cm³/mol. The van der Waals surface area contributed by atoms with Gasteiger partial charge in [-0.2, -0.15) is 9.97 Å². The predicted octanol–water partition coefficient (Wildman–Crippen LogP) is 9.19. The third kappa shape index (κ3) is 15.3. The molecule has 0 spiro atoms. The molecule has 6 rings (SSSR count). The number of nitrogen functional groups attached to an aromatic ring is 1. The van der Waals surface area contributed by atoms with Gasteiger partial charge in [0.25, 0.3) is 5.69 Å². The molecule has 0 fully saturated rings. The van der Waals surface area contributed by atoms with Crippen LogP contribution in [0.25, 0.3) is 0 Å². The van der Waals surface area contributed by atoms with Crippen molar-refractivity contribution in [2.24, 2.45) is 0 Å². The zero-order valence-corrected chi connectivity index (χ0v) is 42.3. The number of nitrogens with two attached hydrogens (primary N) is 1. The van der Waals surface area contributed by atoms with Crippen LogP contribution in [0, 0.1) is 10.1 Å². The zero-order valence-electron chi connectivity index (χ0n) is 39.0. The number of nitro groups is 1. The maximum absolute atomic E-state index is 12.7. The first-order chi connectivity index (χ1) is 31.6. The Morgan fingerprint density at radius 2 is 1.12 bits per heavy atom. The highest BCUT2D eigenvalue weighted by atomic mass is 35.5. The molecule has 0 amide bonds. The minimum atomic E-state index is -2.55. The molecule has 0 radical (unpaired) electrons. The van der Waals surface area contributed by atoms with E-state index in [0.29, 0.717) is 62.9 Å². The Morgan fingerprint density at radius 3 is 1.58 bits per heavy atom. The lowest BCUT2D eigenvalue weighted by atomic mass is 10.2. The van der Waals surface area contributed by atoms with Gasteiger partial charge in [0.1, 0.15) is 30.0 Å². The fourth-order valence-electron chi connectivity index (χ4n) is 6.40. The van der Waals surface area contributed by atoms with Crippen LogP contribution in [0.1, 0.15) is 0 Å². The first-order valence-corrected chi connectivity index (χ1v) is 26.9. The van der Waals surface area contributed by atoms with E-state index in [4.69, 9.17) is 28.9 Å². The summed E-state index contributed by atoms with van der Waals surface area (Å²) in [5.41, 5.74) is 10.7. The highest BCUT2D eigenvalue weighted by Gasteiger charge is 2.21. The van der Waals surface area contributed by atoms with Crippen LogP contribution in [0.5, 0.6) is 0 Å². The highest BCUT2D eigenvalue weighted by molar-refractivity contribution is 7.70. The summed E-state index contributed by atoms with van der Waals surface area (Å²) in [5.74, 6) is 1.30. The Balaban J connectivity index is 0.000000252. The maximum Gasteiger partial charge on any atom is 0.294 e. The Hall–Kier alpha value is -6.00. The van der Waals surface area contributed by atoms with Crippen molar-refractivity contribution >= 4 is 117 Å². The first kappa shape index (κ1) is 52.0. The van der Waals surface area contributed by atoms with Crippen LogP contribution in [0.2, 0.25) is 10.0 Å². The van der Waals surface area contributed by atoms with Gasteiger partial charge in [0.05, 0.1) is 40.1 Å². The van der Waals surface area contributed by atoms with E-state index in [2.05, 4.69) is 51.4 Å². The van der Waals surface area contributed by atoms with Crippen LogP contribution < -0.4 is 47.8 Å². The molecule has 356 valence electrons. The molecule has 22 heteroatoms. The number of para-hydroxylation sites is 2. The lowest BCUT2D eigenvalue weighted by molar-refractivity contribution is -0.384. The van der Waals surface area contributed by atoms with Crippen molar-refractivity contribution in [3.8, 4) is 0 Å². The summed E-state index contributed by atoms with van der Waals surface area (Å²) < 4.78 is 25.3. The molecule has 18 nitrogen and oxygen atoms in total. The Bertz CT molecular complexity index is 2770. The molecular weight excluding hydrogens is 933 g/mol. The third-order valence-electron chi connectivity index (χ3n) is 9.87. The molecule has 0 saturated carbocycles. The molecule has 0 aliphatic heterocycles. The maximum atomic E-state index is 12.7. The zero-order chi connectivity index (χ0) is 49.1. The summed E-state index contributed by atoms with van der Waals surface area (Å²) in [6, 6.07) is 25.2. The second-order valence-corrected chi connectivity index (χ2v) is 23.9. The smallest absolute Gasteiger partial charge is 0.294 e. The molecule has 0 atom stereocenters. The Morgan fingerprint density at radius 1 is 0.642 bits per heavy atom. The summed E-state index contributed by atoms with van der Waals surface area (Å²) in [4.78, 5) is 34.7. The van der Waals surface area contributed by atoms with Crippen molar-refractivity contribution in [1.29, 1.82) is 0 Å². The number of hydrogen-bond donors (Lipinski definition) is 6. The van der Waals surface area contributed by atoms with Gasteiger partial charge >= 0.3 is 0 Å². The number of hydrogen-bond acceptors (Lipinski definition) is 17. The molecule has 6 aromatic rings. The van der Waals surface area contributed by atoms with E-state index in [9.17, 15) is 19.2 Å². The molecule has 2 aromatic heterocycles. The van der Waals surface area contributed by atoms with Crippen molar-refractivity contribution in [2.75, 3.05) is 125 Å². The number of nitrogens with zero attached hydrogens (tertiary/aromatic N) is 8. The van der Waals surface area contributed by atoms with Crippen LogP contribution in [0.3, 0.4) is 0 Å². The molecule has 0 saturated heterocycles. The standard InChI is InChI=1S/C23H29ClN7O3P.C22H29ClN7OP/c1-29(2)12-13-30(3)19-11-10-16(14-20(19)31(32)33)26-23-25-15-17(24)22(28-23)27-18-8-6-7-9-21(18)35(4,5)34;1-30(2)12-11-25-18-10-9-15(13-17(18)24)27-22-26-14-16(23)21(29-22)28-19-7-5-6-8-20(19)32(3,4)31/h6-11,14-15H,12-13H2,1-5H3,(H2,25,26,27,28);5-10,13-14,25H,11-12,24H2,1-4H3,(H2,26,27,28,29). The van der Waals surface area contributed by atoms with E-state index in [1.807, 2.05) is 99.6 Å². The molecule has 7 N–H and O–H groups in total. The van der Waals surface area contributed by atoms with Crippen LogP contribution >= 0.6 is 37.5 Å². The monoisotopic (exact) mass is 990 g/mol. The SMILES string of the molecule is CN(C)CCN(C)c1ccc(Nc2ncc(Cl)c(Nc3ccccc3P(C)(C)=O)n2)cc1[N+](=O)[O-].CN(C)CCNc1ccc(Nc2ncc(Cl)c(Nc3ccccc3P(C)(C)=O)n2)cc1N. The summed E-state index contributed by atoms with van der Waals surface area (Å²) in [7, 11) is 4.73. The third-order valence-corrected chi connectivity index (χ3v) is 13.5. The van der Waals surface area contributed by atoms with E-state index in [-0.39, 0.29) is 16.7 Å². The normalized spacial score (nSPS) is 11.4. The lowest BCUT2D eigenvalue weighted by Gasteiger charge is -2.21. The number of benzene rings is 4. The van der Waals surface area contributed by atoms with Gasteiger partial charge in [-0.1, -0.05) is 47.5 Å². The minimum absolute atomic E-state index is 0.0286. The summed E-state index contributed by atoms with van der Waals surface area (Å²) in [5, 5.41) is 29.6. The molecule has 4 aromatic carbocycles. The largest absolute Gasteiger partial charge is 0.397 e. The topological polar surface area (TPSA) is 225 Å². The number of halogens is 2. The fraction of sp³-hybridized carbons (Fsp3) is 0.289. The number of nitro benzene ring substituents is 1. The van der Waals surface area contributed by atoms with Gasteiger partial charge in [-0.3, -0.25) is 10.1 Å². The number of nitrogens with one attached hydrogen (secondary N) is 5. The molecule has 2 heterocycles. The van der Waals surface area contributed by atoms with Gasteiger partial charge in [0.2, 0.25) is 11.9 Å². The number of rotatable bonds is 19. The van der Waals surface area contributed by atoms with Crippen molar-refractivity contribution in [3.05, 3.63) is 117 Å². The molecular formula is C45H58Cl2N14O4P2. The minimum Gasteiger partial charge on any atom is -0.397 e. The van der Waals surface area contributed by atoms with Crippen molar-refractivity contribution in [3.63, 3.8) is 0 Å². The summed E-state index contributed by atoms with van der Waals surface area (Å²) in [6.07, 6.45) is 2.94. The summed E-state index contributed by atoms with van der Waals surface area (Å²) in [6.45, 7) is 9.94. The van der Waals surface area contributed by atoms with Crippen LogP contribution in [-0.4, -0.2) is 123 Å². The number of anilines is 11. The second kappa shape index (κ2) is 23.1. The van der Waals surface area contributed by atoms with E-state index in [1.165, 1.54) is 18.5 Å². The van der Waals surface area contributed by atoms with E-state index in [1.54, 1.807) is 50.9 Å². The van der Waals surface area contributed by atoms with Gasteiger partial charge in [-0.25, -0.2) is 9.97 Å². The average Bonchev–Trinajstić information content (AvgIpc) is 3.25. The Kier molecular flexibility index (Phi) is 18.0. The second-order valence-electron chi connectivity index (χ2n) is 16.7. The van der Waals surface area contributed by atoms with E-state index >= 15 is 0 Å². The highest BCUT2D eigenvalue weighted by Crippen LogP contribution is 2.40. The number of aromatic nitrogens is 4. The van der Waals surface area contributed by atoms with Gasteiger partial charge < -0.3 is 56.1 Å². The van der Waals surface area contributed by atoms with E-state index < -0.39 is 19.2 Å². The summed E-state index contributed by atoms with van der Waals surface area (Å²) >= 11 is 12.6. The number of likely N-dealkylation sites (N-methyl/N-ethyl adjacent to an activating group) is 3. The van der Waals surface area contributed by atoms with Gasteiger partial charge in [0, 0.05) is 61.3 Å². The van der Waals surface area contributed by atoms with Gasteiger partial charge in [-0.15, -0.1) is 0 Å². The average molecular weight is 992 g/mol. The lowest BCUT2D eigenvalue weighted by Crippen LogP contribution is -2.28.